The van der Waals surface area contributed by atoms with Crippen LogP contribution in [0.5, 0.6) is 0 Å². The Morgan fingerprint density at radius 3 is 1.62 bits per heavy atom. The van der Waals surface area contributed by atoms with Gasteiger partial charge in [-0.05, 0) is 244 Å². The second kappa shape index (κ2) is 26.6. The molecule has 12 nitrogen and oxygen atoms in total. The number of nitrogens with one attached hydrogen (secondary N) is 1. The van der Waals surface area contributed by atoms with Gasteiger partial charge in [-0.15, -0.1) is 0 Å². The molecule has 0 aromatic heterocycles. The maximum absolute atomic E-state index is 13.4. The number of benzene rings is 1. The number of esters is 2. The van der Waals surface area contributed by atoms with Gasteiger partial charge in [-0.25, -0.2) is 0 Å². The van der Waals surface area contributed by atoms with Gasteiger partial charge in [0.05, 0.1) is 19.6 Å². The summed E-state index contributed by atoms with van der Waals surface area (Å²) in [5.74, 6) is 19.9. The molecule has 1 aromatic carbocycles. The van der Waals surface area contributed by atoms with Gasteiger partial charge in [-0.1, -0.05) is 77.6 Å². The Morgan fingerprint density at radius 1 is 0.671 bits per heavy atom. The molecule has 82 heavy (non-hydrogen) atoms. The van der Waals surface area contributed by atoms with Crippen molar-refractivity contribution in [1.29, 1.82) is 0 Å². The minimum atomic E-state index is -1.55. The van der Waals surface area contributed by atoms with E-state index in [-0.39, 0.29) is 47.9 Å². The topological polar surface area (TPSA) is 172 Å². The lowest BCUT2D eigenvalue weighted by atomic mass is 9.44. The predicted octanol–water partition coefficient (Wildman–Crippen LogP) is 9.61. The fourth-order valence-corrected chi connectivity index (χ4v) is 20.6. The van der Waals surface area contributed by atoms with E-state index in [1.165, 1.54) is 77.0 Å². The summed E-state index contributed by atoms with van der Waals surface area (Å²) >= 11 is 4.20. The molecule has 0 aliphatic heterocycles. The normalized spacial score (nSPS) is 37.2. The lowest BCUT2D eigenvalue weighted by Crippen LogP contribution is -2.54. The van der Waals surface area contributed by atoms with Crippen molar-refractivity contribution >= 4 is 49.0 Å². The lowest BCUT2D eigenvalue weighted by molar-refractivity contribution is -0.163. The number of hydrogen-bond acceptors (Lipinski definition) is 11. The Labute approximate surface area is 499 Å². The van der Waals surface area contributed by atoms with Crippen molar-refractivity contribution in [3.05, 3.63) is 29.8 Å². The van der Waals surface area contributed by atoms with Gasteiger partial charge in [0.15, 0.2) is 0 Å². The van der Waals surface area contributed by atoms with E-state index in [1.807, 2.05) is 26.2 Å². The Hall–Kier alpha value is -3.53. The Bertz CT molecular complexity index is 2560. The zero-order valence-electron chi connectivity index (χ0n) is 51.4. The summed E-state index contributed by atoms with van der Waals surface area (Å²) in [5, 5.41) is 22.6. The number of ether oxygens (including phenoxy) is 2. The number of amides is 2. The Balaban J connectivity index is 0.657. The maximum atomic E-state index is 13.4. The molecular formula is C68H103BN4O8S. The zero-order valence-corrected chi connectivity index (χ0v) is 52.3. The quantitative estimate of drug-likeness (QED) is 0.0389. The Morgan fingerprint density at radius 2 is 1.13 bits per heavy atom. The number of thiol groups is 1. The van der Waals surface area contributed by atoms with Crippen molar-refractivity contribution in [2.24, 2.45) is 98.4 Å². The van der Waals surface area contributed by atoms with Gasteiger partial charge >= 0.3 is 19.1 Å². The van der Waals surface area contributed by atoms with Crippen LogP contribution >= 0.6 is 12.6 Å². The number of carbonyl (C=O) groups is 4. The highest BCUT2D eigenvalue weighted by atomic mass is 32.1. The summed E-state index contributed by atoms with van der Waals surface area (Å²) in [4.78, 5) is 55.8. The molecule has 0 heterocycles. The first-order valence-corrected chi connectivity index (χ1v) is 33.1. The first-order valence-electron chi connectivity index (χ1n) is 32.5. The van der Waals surface area contributed by atoms with E-state index in [0.29, 0.717) is 101 Å². The van der Waals surface area contributed by atoms with Crippen LogP contribution in [0.2, 0.25) is 0 Å². The molecule has 8 fully saturated rings. The van der Waals surface area contributed by atoms with Crippen LogP contribution in [0.1, 0.15) is 188 Å². The van der Waals surface area contributed by atoms with Gasteiger partial charge in [0.2, 0.25) is 11.8 Å². The van der Waals surface area contributed by atoms with Crippen LogP contribution in [-0.2, 0) is 35.2 Å². The van der Waals surface area contributed by atoms with Gasteiger partial charge in [-0.2, -0.15) is 12.6 Å². The van der Waals surface area contributed by atoms with Crippen molar-refractivity contribution in [3.63, 3.8) is 0 Å². The number of carbonyl (C=O) groups excluding carboxylic acids is 4. The van der Waals surface area contributed by atoms with Gasteiger partial charge in [-0.3, -0.25) is 19.2 Å². The maximum Gasteiger partial charge on any atom is 0.488 e. The molecule has 452 valence electrons. The minimum absolute atomic E-state index is 0.0203. The van der Waals surface area contributed by atoms with Crippen LogP contribution in [0.25, 0.3) is 0 Å². The van der Waals surface area contributed by atoms with Crippen molar-refractivity contribution in [3.8, 4) is 23.7 Å². The summed E-state index contributed by atoms with van der Waals surface area (Å²) in [6.45, 7) is 16.2. The molecule has 19 atom stereocenters. The fourth-order valence-electron chi connectivity index (χ4n) is 20.5. The average molecular weight is 1150 g/mol. The number of nitrogens with zero attached hydrogens (tertiary/aromatic N) is 2. The van der Waals surface area contributed by atoms with E-state index in [1.54, 1.807) is 21.9 Å². The third kappa shape index (κ3) is 13.1. The summed E-state index contributed by atoms with van der Waals surface area (Å²) in [5.41, 5.74) is 8.34. The molecule has 0 spiro atoms. The van der Waals surface area contributed by atoms with Crippen LogP contribution in [-0.4, -0.2) is 108 Å². The molecule has 8 saturated carbocycles. The van der Waals surface area contributed by atoms with E-state index in [4.69, 9.17) is 15.2 Å². The summed E-state index contributed by atoms with van der Waals surface area (Å²) in [6, 6.07) is 6.48. The van der Waals surface area contributed by atoms with E-state index in [2.05, 4.69) is 83.2 Å². The summed E-state index contributed by atoms with van der Waals surface area (Å²) in [6.07, 6.45) is 23.9. The number of fused-ring (bicyclic) bond motifs is 10. The van der Waals surface area contributed by atoms with Gasteiger partial charge in [0.25, 0.3) is 0 Å². The average Bonchev–Trinajstić information content (AvgIpc) is 4.20. The molecule has 9 rings (SSSR count). The highest BCUT2D eigenvalue weighted by molar-refractivity contribution is 7.80. The fraction of sp³-hybridized carbons (Fsp3) is 0.794. The molecule has 0 bridgehead atoms. The molecule has 0 radical (unpaired) electrons. The van der Waals surface area contributed by atoms with Crippen molar-refractivity contribution in [1.82, 2.24) is 15.1 Å². The molecule has 2 amide bonds. The third-order valence-electron chi connectivity index (χ3n) is 25.1. The van der Waals surface area contributed by atoms with Crippen LogP contribution < -0.4 is 16.5 Å². The number of nitrogens with two attached hydrogens (primary N) is 1. The molecule has 9 unspecified atom stereocenters. The standard InChI is InChI=1S/C68H103BN4O8S/c1-44(53-23-25-55-51-21-19-47-39-49(29-33-65(47,3)57(51)31-35-67(53,55)5)80-63(76)42-71-41-46-15-11-12-16-59(46)69(78)79)17-27-61(74)72(7)37-13-9-10-14-38-73(8)62(75)28-18-45(2)54-24-26-56-52-22-20-48-40-50(81-64(77)60(70)43-82)30-34-66(48,4)58(52)32-36-68(54,56)6/h11-12,15-16,44-45,47-58,60,71,78-79,82H,17-43,70H2,1-8H3/t44-,45-,47-,48-,49-,50-,51?,52?,53?,54?,55?,56?,57?,58?,60?,65+,66+,67-,68-/m1/s1. The highest BCUT2D eigenvalue weighted by Crippen LogP contribution is 2.70. The largest absolute Gasteiger partial charge is 0.488 e. The van der Waals surface area contributed by atoms with Crippen LogP contribution in [0, 0.1) is 116 Å². The van der Waals surface area contributed by atoms with E-state index >= 15 is 0 Å². The van der Waals surface area contributed by atoms with E-state index < -0.39 is 13.2 Å². The molecule has 14 heteroatoms. The molecule has 5 N–H and O–H groups in total. The van der Waals surface area contributed by atoms with Crippen LogP contribution in [0.4, 0.5) is 0 Å². The minimum Gasteiger partial charge on any atom is -0.461 e. The van der Waals surface area contributed by atoms with Crippen LogP contribution in [0.15, 0.2) is 24.3 Å². The summed E-state index contributed by atoms with van der Waals surface area (Å²) < 4.78 is 12.0. The van der Waals surface area contributed by atoms with Crippen molar-refractivity contribution in [2.45, 2.75) is 208 Å². The lowest BCUT2D eigenvalue weighted by Gasteiger charge is -2.61. The van der Waals surface area contributed by atoms with E-state index in [9.17, 15) is 29.2 Å². The zero-order chi connectivity index (χ0) is 58.7. The highest BCUT2D eigenvalue weighted by Gasteiger charge is 2.63. The van der Waals surface area contributed by atoms with Gasteiger partial charge in [0.1, 0.15) is 18.2 Å². The van der Waals surface area contributed by atoms with Crippen molar-refractivity contribution < 1.29 is 38.7 Å². The molecule has 8 aliphatic rings. The number of hydrogen-bond donors (Lipinski definition) is 5. The van der Waals surface area contributed by atoms with Crippen LogP contribution in [0.3, 0.4) is 0 Å². The summed E-state index contributed by atoms with van der Waals surface area (Å²) in [7, 11) is 2.14. The molecular weight excluding hydrogens is 1040 g/mol. The van der Waals surface area contributed by atoms with Gasteiger partial charge < -0.3 is 40.4 Å². The first kappa shape index (κ1) is 63.0. The Kier molecular flexibility index (Phi) is 20.4. The van der Waals surface area contributed by atoms with Crippen molar-refractivity contribution in [2.75, 3.05) is 39.5 Å². The SMILES string of the molecule is C[C@H](CCC(=O)N(C)CC#CC#CCN(C)C(=O)CC[C@@H](C)C1CCC2C3CC[C@@H]4C[C@H](OC(=O)C(N)CS)CC[C@]4(C)C3CC[C@@]21C)C1CCC2C3CC[C@@H]4C[C@H](OC(=O)CNCc5ccccc5B(O)O)CC[C@]4(C)C3CC[C@@]21C. The molecule has 8 aliphatic carbocycles. The second-order valence-corrected chi connectivity index (χ2v) is 29.5. The monoisotopic (exact) mass is 1150 g/mol. The van der Waals surface area contributed by atoms with E-state index in [0.717, 1.165) is 86.5 Å². The van der Waals surface area contributed by atoms with Gasteiger partial charge in [0, 0.05) is 39.2 Å². The molecule has 0 saturated heterocycles. The third-order valence-corrected chi connectivity index (χ3v) is 25.5. The molecule has 1 aromatic rings. The predicted molar refractivity (Wildman–Crippen MR) is 328 cm³/mol. The second-order valence-electron chi connectivity index (χ2n) is 29.1. The smallest absolute Gasteiger partial charge is 0.461 e. The number of rotatable bonds is 19. The first-order chi connectivity index (χ1) is 39.1.